The molecule has 0 spiro atoms. The van der Waals surface area contributed by atoms with Gasteiger partial charge in [-0.1, -0.05) is 37.3 Å². The maximum atomic E-state index is 12.6. The zero-order chi connectivity index (χ0) is 21.7. The minimum absolute atomic E-state index is 0.177. The molecule has 1 saturated heterocycles. The molecule has 0 saturated carbocycles. The third-order valence-corrected chi connectivity index (χ3v) is 7.43. The van der Waals surface area contributed by atoms with Crippen LogP contribution in [0.15, 0.2) is 59.5 Å². The summed E-state index contributed by atoms with van der Waals surface area (Å²) < 4.78 is 26.2. The molecule has 2 unspecified atom stereocenters. The Morgan fingerprint density at radius 2 is 1.83 bits per heavy atom. The lowest BCUT2D eigenvalue weighted by Crippen LogP contribution is -2.39. The van der Waals surface area contributed by atoms with E-state index in [0.29, 0.717) is 5.92 Å². The van der Waals surface area contributed by atoms with Crippen LogP contribution in [-0.2, 0) is 14.8 Å². The van der Waals surface area contributed by atoms with Crippen molar-refractivity contribution in [3.05, 3.63) is 60.2 Å². The van der Waals surface area contributed by atoms with Gasteiger partial charge in [-0.3, -0.25) is 4.79 Å². The van der Waals surface area contributed by atoms with Crippen LogP contribution in [0.5, 0.6) is 0 Å². The largest absolute Gasteiger partial charge is 0.371 e. The number of nitrogens with one attached hydrogen (secondary N) is 1. The predicted molar refractivity (Wildman–Crippen MR) is 120 cm³/mol. The fraction of sp³-hybridized carbons (Fsp3) is 0.435. The third kappa shape index (κ3) is 5.40. The summed E-state index contributed by atoms with van der Waals surface area (Å²) in [5.41, 5.74) is 2.20. The summed E-state index contributed by atoms with van der Waals surface area (Å²) in [7, 11) is -2.27. The number of rotatable bonds is 7. The summed E-state index contributed by atoms with van der Waals surface area (Å²) in [6, 6.07) is 16.2. The Morgan fingerprint density at radius 1 is 1.17 bits per heavy atom. The molecule has 2 aromatic carbocycles. The number of benzene rings is 2. The van der Waals surface area contributed by atoms with Crippen molar-refractivity contribution in [2.45, 2.75) is 37.6 Å². The Labute approximate surface area is 179 Å². The molecule has 0 radical (unpaired) electrons. The molecule has 0 aromatic heterocycles. The second-order valence-electron chi connectivity index (χ2n) is 8.15. The van der Waals surface area contributed by atoms with Crippen molar-refractivity contribution in [3.8, 4) is 0 Å². The molecule has 0 bridgehead atoms. The number of anilines is 1. The van der Waals surface area contributed by atoms with E-state index in [1.54, 1.807) is 18.2 Å². The standard InChI is InChI=1S/C23H31N3O3S/c1-18-8-7-15-26(16-18)21-13-11-20(12-14-21)19(2)24-23(27)17-25(3)30(28,29)22-9-5-4-6-10-22/h4-6,9-14,18-19H,7-8,15-17H2,1-3H3,(H,24,27). The first-order valence-electron chi connectivity index (χ1n) is 10.4. The average Bonchev–Trinajstić information content (AvgIpc) is 2.74. The molecule has 2 aromatic rings. The van der Waals surface area contributed by atoms with Crippen LogP contribution in [0.1, 0.15) is 38.3 Å². The van der Waals surface area contributed by atoms with Crippen LogP contribution in [-0.4, -0.2) is 45.3 Å². The normalized spacial score (nSPS) is 18.3. The second-order valence-corrected chi connectivity index (χ2v) is 10.2. The van der Waals surface area contributed by atoms with Crippen molar-refractivity contribution < 1.29 is 13.2 Å². The highest BCUT2D eigenvalue weighted by Gasteiger charge is 2.23. The van der Waals surface area contributed by atoms with Crippen molar-refractivity contribution in [1.29, 1.82) is 0 Å². The van der Waals surface area contributed by atoms with Gasteiger partial charge in [0.1, 0.15) is 0 Å². The number of carbonyl (C=O) groups is 1. The zero-order valence-electron chi connectivity index (χ0n) is 17.9. The molecule has 1 aliphatic heterocycles. The minimum atomic E-state index is -3.69. The van der Waals surface area contributed by atoms with Crippen molar-refractivity contribution in [2.24, 2.45) is 5.92 Å². The number of nitrogens with zero attached hydrogens (tertiary/aromatic N) is 2. The van der Waals surface area contributed by atoms with Crippen molar-refractivity contribution in [3.63, 3.8) is 0 Å². The molecule has 162 valence electrons. The van der Waals surface area contributed by atoms with E-state index < -0.39 is 10.0 Å². The van der Waals surface area contributed by atoms with Gasteiger partial charge in [0.2, 0.25) is 15.9 Å². The fourth-order valence-electron chi connectivity index (χ4n) is 3.83. The highest BCUT2D eigenvalue weighted by Crippen LogP contribution is 2.24. The number of hydrogen-bond acceptors (Lipinski definition) is 4. The summed E-state index contributed by atoms with van der Waals surface area (Å²) in [6.45, 7) is 6.12. The van der Waals surface area contributed by atoms with E-state index in [1.165, 1.54) is 37.7 Å². The van der Waals surface area contributed by atoms with Gasteiger partial charge in [0.25, 0.3) is 0 Å². The number of piperidine rings is 1. The van der Waals surface area contributed by atoms with Crippen molar-refractivity contribution in [1.82, 2.24) is 9.62 Å². The Balaban J connectivity index is 1.57. The summed E-state index contributed by atoms with van der Waals surface area (Å²) in [4.78, 5) is 15.0. The SMILES string of the molecule is CC1CCCN(c2ccc(C(C)NC(=O)CN(C)S(=O)(=O)c3ccccc3)cc2)C1. The molecule has 6 nitrogen and oxygen atoms in total. The monoisotopic (exact) mass is 429 g/mol. The lowest BCUT2D eigenvalue weighted by molar-refractivity contribution is -0.121. The smallest absolute Gasteiger partial charge is 0.243 e. The Kier molecular flexibility index (Phi) is 7.15. The molecule has 0 aliphatic carbocycles. The van der Waals surface area contributed by atoms with Crippen LogP contribution >= 0.6 is 0 Å². The molecular weight excluding hydrogens is 398 g/mol. The number of likely N-dealkylation sites (N-methyl/N-ethyl adjacent to an activating group) is 1. The number of amides is 1. The number of hydrogen-bond donors (Lipinski definition) is 1. The van der Waals surface area contributed by atoms with E-state index in [-0.39, 0.29) is 23.4 Å². The number of sulfonamides is 1. The van der Waals surface area contributed by atoms with E-state index in [0.717, 1.165) is 23.0 Å². The second kappa shape index (κ2) is 9.62. The van der Waals surface area contributed by atoms with Crippen LogP contribution in [0.4, 0.5) is 5.69 Å². The summed E-state index contributed by atoms with van der Waals surface area (Å²) in [6.07, 6.45) is 2.50. The van der Waals surface area contributed by atoms with Crippen LogP contribution in [0, 0.1) is 5.92 Å². The molecule has 7 heteroatoms. The molecule has 2 atom stereocenters. The third-order valence-electron chi connectivity index (χ3n) is 5.61. The highest BCUT2D eigenvalue weighted by atomic mass is 32.2. The fourth-order valence-corrected chi connectivity index (χ4v) is 4.98. The average molecular weight is 430 g/mol. The quantitative estimate of drug-likeness (QED) is 0.732. The van der Waals surface area contributed by atoms with Crippen LogP contribution in [0.2, 0.25) is 0 Å². The highest BCUT2D eigenvalue weighted by molar-refractivity contribution is 7.89. The summed E-state index contributed by atoms with van der Waals surface area (Å²) in [5.74, 6) is 0.374. The van der Waals surface area contributed by atoms with Gasteiger partial charge in [-0.15, -0.1) is 0 Å². The minimum Gasteiger partial charge on any atom is -0.371 e. The van der Waals surface area contributed by atoms with Crippen LogP contribution in [0.25, 0.3) is 0 Å². The van der Waals surface area contributed by atoms with E-state index >= 15 is 0 Å². The maximum absolute atomic E-state index is 12.6. The summed E-state index contributed by atoms with van der Waals surface area (Å²) >= 11 is 0. The zero-order valence-corrected chi connectivity index (χ0v) is 18.7. The molecule has 1 aliphatic rings. The first-order chi connectivity index (χ1) is 14.3. The molecule has 30 heavy (non-hydrogen) atoms. The molecular formula is C23H31N3O3S. The van der Waals surface area contributed by atoms with Gasteiger partial charge in [0.15, 0.2) is 0 Å². The van der Waals surface area contributed by atoms with Gasteiger partial charge >= 0.3 is 0 Å². The number of carbonyl (C=O) groups excluding carboxylic acids is 1. The summed E-state index contributed by atoms with van der Waals surface area (Å²) in [5, 5.41) is 2.90. The van der Waals surface area contributed by atoms with Crippen LogP contribution in [0.3, 0.4) is 0 Å². The van der Waals surface area contributed by atoms with E-state index in [4.69, 9.17) is 0 Å². The lowest BCUT2D eigenvalue weighted by Gasteiger charge is -2.33. The predicted octanol–water partition coefficient (Wildman–Crippen LogP) is 3.42. The molecule has 1 fully saturated rings. The van der Waals surface area contributed by atoms with E-state index in [9.17, 15) is 13.2 Å². The van der Waals surface area contributed by atoms with Gasteiger partial charge in [0, 0.05) is 25.8 Å². The van der Waals surface area contributed by atoms with E-state index in [2.05, 4.69) is 29.3 Å². The van der Waals surface area contributed by atoms with E-state index in [1.807, 2.05) is 19.1 Å². The van der Waals surface area contributed by atoms with Crippen LogP contribution < -0.4 is 10.2 Å². The molecule has 3 rings (SSSR count). The lowest BCUT2D eigenvalue weighted by atomic mass is 9.99. The molecule has 1 amide bonds. The topological polar surface area (TPSA) is 69.7 Å². The van der Waals surface area contributed by atoms with Crippen molar-refractivity contribution >= 4 is 21.6 Å². The first kappa shape index (κ1) is 22.3. The van der Waals surface area contributed by atoms with Gasteiger partial charge in [0.05, 0.1) is 17.5 Å². The molecule has 1 N–H and O–H groups in total. The maximum Gasteiger partial charge on any atom is 0.243 e. The van der Waals surface area contributed by atoms with Gasteiger partial charge in [-0.25, -0.2) is 8.42 Å². The Bertz CT molecular complexity index is 945. The first-order valence-corrected chi connectivity index (χ1v) is 11.9. The molecule has 1 heterocycles. The Morgan fingerprint density at radius 3 is 2.47 bits per heavy atom. The van der Waals surface area contributed by atoms with Gasteiger partial charge < -0.3 is 10.2 Å². The van der Waals surface area contributed by atoms with Gasteiger partial charge in [-0.2, -0.15) is 4.31 Å². The Hall–Kier alpha value is -2.38. The van der Waals surface area contributed by atoms with Crippen molar-refractivity contribution in [2.75, 3.05) is 31.6 Å². The van der Waals surface area contributed by atoms with Gasteiger partial charge in [-0.05, 0) is 55.5 Å².